The van der Waals surface area contributed by atoms with E-state index in [1.54, 1.807) is 4.90 Å². The molecule has 1 amide bonds. The van der Waals surface area contributed by atoms with Gasteiger partial charge >= 0.3 is 0 Å². The lowest BCUT2D eigenvalue weighted by Gasteiger charge is -2.27. The molecular formula is C19H18F3NOS. The van der Waals surface area contributed by atoms with Gasteiger partial charge in [0.15, 0.2) is 17.5 Å². The second-order valence-corrected chi connectivity index (χ2v) is 7.44. The Hall–Kier alpha value is -1.95. The van der Waals surface area contributed by atoms with E-state index in [-0.39, 0.29) is 23.4 Å². The van der Waals surface area contributed by atoms with Crippen LogP contribution in [0.5, 0.6) is 0 Å². The fraction of sp³-hybridized carbons (Fsp3) is 0.316. The van der Waals surface area contributed by atoms with E-state index in [1.165, 1.54) is 11.8 Å². The minimum atomic E-state index is -1.49. The summed E-state index contributed by atoms with van der Waals surface area (Å²) in [4.78, 5) is 13.9. The van der Waals surface area contributed by atoms with Crippen LogP contribution in [0.15, 0.2) is 24.3 Å². The molecule has 0 spiro atoms. The van der Waals surface area contributed by atoms with Crippen LogP contribution in [0.4, 0.5) is 13.2 Å². The zero-order valence-corrected chi connectivity index (χ0v) is 15.0. The molecule has 0 aliphatic carbocycles. The van der Waals surface area contributed by atoms with Gasteiger partial charge in [0, 0.05) is 6.54 Å². The highest BCUT2D eigenvalue weighted by atomic mass is 32.2. The minimum Gasteiger partial charge on any atom is -0.321 e. The quantitative estimate of drug-likeness (QED) is 0.728. The van der Waals surface area contributed by atoms with E-state index in [0.717, 1.165) is 34.4 Å². The van der Waals surface area contributed by atoms with E-state index in [1.807, 2.05) is 20.8 Å². The van der Waals surface area contributed by atoms with E-state index in [2.05, 4.69) is 12.1 Å². The van der Waals surface area contributed by atoms with Gasteiger partial charge in [0.1, 0.15) is 5.37 Å². The van der Waals surface area contributed by atoms with Gasteiger partial charge in [-0.2, -0.15) is 0 Å². The molecule has 1 saturated heterocycles. The molecule has 1 fully saturated rings. The number of nitrogens with zero attached hydrogens (tertiary/aromatic N) is 1. The molecular weight excluding hydrogens is 347 g/mol. The SMILES string of the molecule is Cc1cc(C)c(C2SCC(=O)N2Cc2cc(F)c(F)c(F)c2)c(C)c1. The second-order valence-electron chi connectivity index (χ2n) is 6.37. The van der Waals surface area contributed by atoms with Crippen molar-refractivity contribution in [2.45, 2.75) is 32.7 Å². The average molecular weight is 365 g/mol. The highest BCUT2D eigenvalue weighted by molar-refractivity contribution is 8.00. The molecule has 0 saturated carbocycles. The molecule has 1 unspecified atom stereocenters. The first-order valence-electron chi connectivity index (χ1n) is 7.90. The van der Waals surface area contributed by atoms with Crippen LogP contribution in [0.1, 0.15) is 33.2 Å². The number of benzene rings is 2. The summed E-state index contributed by atoms with van der Waals surface area (Å²) in [7, 11) is 0. The molecule has 6 heteroatoms. The summed E-state index contributed by atoms with van der Waals surface area (Å²) in [5.41, 5.74) is 4.57. The van der Waals surface area contributed by atoms with E-state index in [4.69, 9.17) is 0 Å². The molecule has 2 aromatic rings. The van der Waals surface area contributed by atoms with Crippen molar-refractivity contribution < 1.29 is 18.0 Å². The molecule has 132 valence electrons. The summed E-state index contributed by atoms with van der Waals surface area (Å²) in [6.45, 7) is 6.04. The highest BCUT2D eigenvalue weighted by Crippen LogP contribution is 2.42. The maximum absolute atomic E-state index is 13.5. The fourth-order valence-corrected chi connectivity index (χ4v) is 4.72. The number of carbonyl (C=O) groups excluding carboxylic acids is 1. The van der Waals surface area contributed by atoms with Crippen LogP contribution in [-0.4, -0.2) is 16.6 Å². The summed E-state index contributed by atoms with van der Waals surface area (Å²) in [6.07, 6.45) is 0. The second kappa shape index (κ2) is 6.75. The topological polar surface area (TPSA) is 20.3 Å². The highest BCUT2D eigenvalue weighted by Gasteiger charge is 2.34. The van der Waals surface area contributed by atoms with Crippen molar-refractivity contribution in [2.24, 2.45) is 0 Å². The Labute approximate surface area is 149 Å². The molecule has 1 aliphatic rings. The number of halogens is 3. The van der Waals surface area contributed by atoms with Crippen molar-refractivity contribution in [1.29, 1.82) is 0 Å². The van der Waals surface area contributed by atoms with Crippen LogP contribution in [0.3, 0.4) is 0 Å². The number of thioether (sulfide) groups is 1. The Bertz CT molecular complexity index is 807. The van der Waals surface area contributed by atoms with Crippen LogP contribution in [0.2, 0.25) is 0 Å². The zero-order valence-electron chi connectivity index (χ0n) is 14.2. The predicted molar refractivity (Wildman–Crippen MR) is 92.7 cm³/mol. The number of hydrogen-bond donors (Lipinski definition) is 0. The number of rotatable bonds is 3. The molecule has 1 heterocycles. The molecule has 2 aromatic carbocycles. The molecule has 25 heavy (non-hydrogen) atoms. The first kappa shape index (κ1) is 17.9. The van der Waals surface area contributed by atoms with Gasteiger partial charge in [-0.05, 0) is 55.2 Å². The molecule has 2 nitrogen and oxygen atoms in total. The average Bonchev–Trinajstić information content (AvgIpc) is 2.85. The van der Waals surface area contributed by atoms with Crippen molar-refractivity contribution in [1.82, 2.24) is 4.90 Å². The van der Waals surface area contributed by atoms with Gasteiger partial charge in [0.25, 0.3) is 0 Å². The van der Waals surface area contributed by atoms with Crippen LogP contribution in [0.25, 0.3) is 0 Å². The van der Waals surface area contributed by atoms with Gasteiger partial charge in [-0.25, -0.2) is 13.2 Å². The molecule has 0 aromatic heterocycles. The number of amides is 1. The summed E-state index contributed by atoms with van der Waals surface area (Å²) in [6, 6.07) is 6.00. The standard InChI is InChI=1S/C19H18F3NOS/c1-10-4-11(2)17(12(3)5-10)19-23(16(24)9-25-19)8-13-6-14(20)18(22)15(21)7-13/h4-7,19H,8-9H2,1-3H3. The molecule has 0 radical (unpaired) electrons. The van der Waals surface area contributed by atoms with Crippen molar-refractivity contribution in [3.63, 3.8) is 0 Å². The van der Waals surface area contributed by atoms with E-state index < -0.39 is 17.5 Å². The number of carbonyl (C=O) groups is 1. The van der Waals surface area contributed by atoms with E-state index in [9.17, 15) is 18.0 Å². The predicted octanol–water partition coefficient (Wildman–Crippen LogP) is 4.80. The lowest BCUT2D eigenvalue weighted by molar-refractivity contribution is -0.128. The van der Waals surface area contributed by atoms with E-state index in [0.29, 0.717) is 5.75 Å². The van der Waals surface area contributed by atoms with Crippen molar-refractivity contribution >= 4 is 17.7 Å². The van der Waals surface area contributed by atoms with Gasteiger partial charge in [0.05, 0.1) is 5.75 Å². The van der Waals surface area contributed by atoms with Crippen LogP contribution < -0.4 is 0 Å². The van der Waals surface area contributed by atoms with Crippen LogP contribution in [0, 0.1) is 38.2 Å². The monoisotopic (exact) mass is 365 g/mol. The van der Waals surface area contributed by atoms with Gasteiger partial charge in [-0.1, -0.05) is 17.7 Å². The van der Waals surface area contributed by atoms with Crippen LogP contribution >= 0.6 is 11.8 Å². The Balaban J connectivity index is 1.96. The smallest absolute Gasteiger partial charge is 0.234 e. The third-order valence-corrected chi connectivity index (χ3v) is 5.57. The first-order valence-corrected chi connectivity index (χ1v) is 8.95. The fourth-order valence-electron chi connectivity index (χ4n) is 3.34. The van der Waals surface area contributed by atoms with Gasteiger partial charge in [-0.3, -0.25) is 4.79 Å². The lowest BCUT2D eigenvalue weighted by Crippen LogP contribution is -2.28. The van der Waals surface area contributed by atoms with Crippen molar-refractivity contribution in [3.8, 4) is 0 Å². The maximum atomic E-state index is 13.5. The Morgan fingerprint density at radius 3 is 2.16 bits per heavy atom. The Kier molecular flexibility index (Phi) is 4.82. The van der Waals surface area contributed by atoms with Gasteiger partial charge in [-0.15, -0.1) is 11.8 Å². The molecule has 1 aliphatic heterocycles. The number of hydrogen-bond acceptors (Lipinski definition) is 2. The summed E-state index contributed by atoms with van der Waals surface area (Å²) >= 11 is 1.49. The number of aryl methyl sites for hydroxylation is 3. The van der Waals surface area contributed by atoms with Crippen molar-refractivity contribution in [3.05, 3.63) is 69.5 Å². The molecule has 0 N–H and O–H groups in total. The maximum Gasteiger partial charge on any atom is 0.234 e. The normalized spacial score (nSPS) is 17.4. The third-order valence-electron chi connectivity index (χ3n) is 4.35. The van der Waals surface area contributed by atoms with Crippen LogP contribution in [-0.2, 0) is 11.3 Å². The molecule has 0 bridgehead atoms. The lowest BCUT2D eigenvalue weighted by atomic mass is 9.99. The third kappa shape index (κ3) is 3.40. The first-order chi connectivity index (χ1) is 11.8. The molecule has 3 rings (SSSR count). The largest absolute Gasteiger partial charge is 0.321 e. The molecule has 1 atom stereocenters. The Morgan fingerprint density at radius 2 is 1.60 bits per heavy atom. The zero-order chi connectivity index (χ0) is 18.3. The Morgan fingerprint density at radius 1 is 1.04 bits per heavy atom. The summed E-state index contributed by atoms with van der Waals surface area (Å²) in [5, 5.41) is -0.218. The van der Waals surface area contributed by atoms with E-state index >= 15 is 0 Å². The minimum absolute atomic E-state index is 0.0391. The van der Waals surface area contributed by atoms with Gasteiger partial charge < -0.3 is 4.90 Å². The summed E-state index contributed by atoms with van der Waals surface area (Å²) < 4.78 is 40.1. The van der Waals surface area contributed by atoms with Gasteiger partial charge in [0.2, 0.25) is 5.91 Å². The summed E-state index contributed by atoms with van der Waals surface area (Å²) in [5.74, 6) is -3.77. The van der Waals surface area contributed by atoms with Crippen molar-refractivity contribution in [2.75, 3.05) is 5.75 Å².